The van der Waals surface area contributed by atoms with Crippen molar-refractivity contribution in [2.24, 2.45) is 5.92 Å². The molecule has 0 saturated carbocycles. The predicted octanol–water partition coefficient (Wildman–Crippen LogP) is 2.84. The zero-order chi connectivity index (χ0) is 15.7. The molecular weight excluding hydrogens is 276 g/mol. The van der Waals surface area contributed by atoms with Crippen LogP contribution in [0.1, 0.15) is 31.1 Å². The molecular formula is C18H24N2O2. The summed E-state index contributed by atoms with van der Waals surface area (Å²) < 4.78 is 7.56. The second-order valence-electron chi connectivity index (χ2n) is 6.14. The van der Waals surface area contributed by atoms with E-state index >= 15 is 0 Å². The van der Waals surface area contributed by atoms with Crippen LogP contribution in [0.5, 0.6) is 0 Å². The molecule has 2 aromatic rings. The molecule has 1 saturated heterocycles. The Morgan fingerprint density at radius 2 is 2.14 bits per heavy atom. The lowest BCUT2D eigenvalue weighted by Gasteiger charge is -2.20. The Hall–Kier alpha value is -1.81. The molecule has 118 valence electrons. The Balaban J connectivity index is 2.09. The first-order chi connectivity index (χ1) is 10.6. The van der Waals surface area contributed by atoms with Gasteiger partial charge in [-0.15, -0.1) is 0 Å². The summed E-state index contributed by atoms with van der Waals surface area (Å²) in [6, 6.07) is 8.82. The molecule has 0 amide bonds. The number of rotatable bonds is 4. The summed E-state index contributed by atoms with van der Waals surface area (Å²) in [5.74, 6) is 0.441. The molecule has 0 unspecified atom stereocenters. The fraction of sp³-hybridized carbons (Fsp3) is 0.500. The Kier molecular flexibility index (Phi) is 4.21. The van der Waals surface area contributed by atoms with Crippen LogP contribution in [-0.4, -0.2) is 30.2 Å². The summed E-state index contributed by atoms with van der Waals surface area (Å²) in [5.41, 5.74) is 3.52. The van der Waals surface area contributed by atoms with Gasteiger partial charge in [0.05, 0.1) is 19.1 Å². The van der Waals surface area contributed by atoms with Crippen LogP contribution in [0.15, 0.2) is 24.3 Å². The van der Waals surface area contributed by atoms with E-state index in [1.807, 2.05) is 13.0 Å². The van der Waals surface area contributed by atoms with Crippen molar-refractivity contribution in [3.63, 3.8) is 0 Å². The van der Waals surface area contributed by atoms with Crippen LogP contribution in [0.25, 0.3) is 10.9 Å². The van der Waals surface area contributed by atoms with Gasteiger partial charge in [-0.25, -0.2) is 0 Å². The van der Waals surface area contributed by atoms with E-state index in [0.29, 0.717) is 25.0 Å². The van der Waals surface area contributed by atoms with E-state index in [4.69, 9.17) is 4.74 Å². The molecule has 1 aromatic carbocycles. The number of fused-ring (bicyclic) bond motifs is 1. The van der Waals surface area contributed by atoms with Gasteiger partial charge in [-0.1, -0.05) is 25.1 Å². The lowest BCUT2D eigenvalue weighted by atomic mass is 10.1. The number of carbonyl (C=O) groups excluding carboxylic acids is 1. The molecule has 3 rings (SSSR count). The quantitative estimate of drug-likeness (QED) is 0.883. The van der Waals surface area contributed by atoms with Crippen molar-refractivity contribution in [2.75, 3.05) is 19.7 Å². The number of para-hydroxylation sites is 1. The van der Waals surface area contributed by atoms with Crippen molar-refractivity contribution in [2.45, 2.75) is 33.2 Å². The first kappa shape index (κ1) is 15.1. The zero-order valence-electron chi connectivity index (χ0n) is 13.6. The van der Waals surface area contributed by atoms with Gasteiger partial charge in [-0.05, 0) is 37.9 Å². The number of hydrogen-bond acceptors (Lipinski definition) is 3. The standard InChI is InChI=1S/C18H24N2O2/c1-4-22-18(21)9-15-13(3)20(17-11-19-10-12(17)2)16-8-6-5-7-14(15)16/h5-8,12,17,19H,4,9-11H2,1-3H3/t12-,17+/m1/s1. The van der Waals surface area contributed by atoms with Gasteiger partial charge in [-0.2, -0.15) is 0 Å². The van der Waals surface area contributed by atoms with Gasteiger partial charge >= 0.3 is 5.97 Å². The highest BCUT2D eigenvalue weighted by molar-refractivity contribution is 5.89. The number of esters is 1. The van der Waals surface area contributed by atoms with Crippen molar-refractivity contribution < 1.29 is 9.53 Å². The van der Waals surface area contributed by atoms with E-state index in [0.717, 1.165) is 18.7 Å². The van der Waals surface area contributed by atoms with Crippen LogP contribution in [0.4, 0.5) is 0 Å². The predicted molar refractivity (Wildman–Crippen MR) is 88.1 cm³/mol. The first-order valence-corrected chi connectivity index (χ1v) is 8.08. The molecule has 22 heavy (non-hydrogen) atoms. The van der Waals surface area contributed by atoms with Crippen molar-refractivity contribution >= 4 is 16.9 Å². The number of aromatic nitrogens is 1. The van der Waals surface area contributed by atoms with Crippen molar-refractivity contribution in [1.29, 1.82) is 0 Å². The van der Waals surface area contributed by atoms with Crippen molar-refractivity contribution in [1.82, 2.24) is 9.88 Å². The van der Waals surface area contributed by atoms with E-state index in [2.05, 4.69) is 41.9 Å². The SMILES string of the molecule is CCOC(=O)Cc1c(C)n([C@H]2CNC[C@H]2C)c2ccccc12. The molecule has 1 N–H and O–H groups in total. The summed E-state index contributed by atoms with van der Waals surface area (Å²) >= 11 is 0. The molecule has 1 fully saturated rings. The van der Waals surface area contributed by atoms with Gasteiger partial charge in [0.2, 0.25) is 0 Å². The normalized spacial score (nSPS) is 21.4. The number of nitrogens with zero attached hydrogens (tertiary/aromatic N) is 1. The summed E-state index contributed by atoms with van der Waals surface area (Å²) in [6.45, 7) is 8.72. The number of benzene rings is 1. The van der Waals surface area contributed by atoms with Crippen LogP contribution in [-0.2, 0) is 16.0 Å². The Morgan fingerprint density at radius 3 is 2.82 bits per heavy atom. The molecule has 0 aliphatic carbocycles. The topological polar surface area (TPSA) is 43.3 Å². The van der Waals surface area contributed by atoms with Gasteiger partial charge in [0.1, 0.15) is 0 Å². The lowest BCUT2D eigenvalue weighted by Crippen LogP contribution is -2.18. The Labute approximate surface area is 131 Å². The number of carbonyl (C=O) groups is 1. The largest absolute Gasteiger partial charge is 0.466 e. The third-order valence-electron chi connectivity index (χ3n) is 4.72. The van der Waals surface area contributed by atoms with E-state index in [-0.39, 0.29) is 5.97 Å². The highest BCUT2D eigenvalue weighted by Crippen LogP contribution is 2.33. The molecule has 1 aromatic heterocycles. The van der Waals surface area contributed by atoms with Crippen LogP contribution in [0, 0.1) is 12.8 Å². The van der Waals surface area contributed by atoms with E-state index in [1.165, 1.54) is 16.6 Å². The fourth-order valence-electron chi connectivity index (χ4n) is 3.61. The van der Waals surface area contributed by atoms with Gasteiger partial charge in [0.15, 0.2) is 0 Å². The molecule has 0 spiro atoms. The highest BCUT2D eigenvalue weighted by Gasteiger charge is 2.28. The highest BCUT2D eigenvalue weighted by atomic mass is 16.5. The van der Waals surface area contributed by atoms with Crippen LogP contribution in [0.3, 0.4) is 0 Å². The molecule has 2 heterocycles. The van der Waals surface area contributed by atoms with Crippen molar-refractivity contribution in [3.05, 3.63) is 35.5 Å². The van der Waals surface area contributed by atoms with Crippen molar-refractivity contribution in [3.8, 4) is 0 Å². The zero-order valence-corrected chi connectivity index (χ0v) is 13.6. The Morgan fingerprint density at radius 1 is 1.36 bits per heavy atom. The third-order valence-corrected chi connectivity index (χ3v) is 4.72. The van der Waals surface area contributed by atoms with Gasteiger partial charge < -0.3 is 14.6 Å². The lowest BCUT2D eigenvalue weighted by molar-refractivity contribution is -0.142. The minimum atomic E-state index is -0.147. The van der Waals surface area contributed by atoms with Crippen LogP contribution >= 0.6 is 0 Å². The van der Waals surface area contributed by atoms with Gasteiger partial charge in [-0.3, -0.25) is 4.79 Å². The molecule has 0 bridgehead atoms. The van der Waals surface area contributed by atoms with E-state index in [9.17, 15) is 4.79 Å². The van der Waals surface area contributed by atoms with E-state index in [1.54, 1.807) is 0 Å². The molecule has 4 nitrogen and oxygen atoms in total. The minimum absolute atomic E-state index is 0.147. The molecule has 1 aliphatic heterocycles. The number of nitrogens with one attached hydrogen (secondary N) is 1. The average molecular weight is 300 g/mol. The average Bonchev–Trinajstić information content (AvgIpc) is 3.02. The van der Waals surface area contributed by atoms with Crippen LogP contribution in [0.2, 0.25) is 0 Å². The Bertz CT molecular complexity index is 690. The maximum absolute atomic E-state index is 12.0. The summed E-state index contributed by atoms with van der Waals surface area (Å²) in [4.78, 5) is 12.0. The maximum atomic E-state index is 12.0. The summed E-state index contributed by atoms with van der Waals surface area (Å²) in [6.07, 6.45) is 0.349. The molecule has 4 heteroatoms. The molecule has 1 aliphatic rings. The third kappa shape index (κ3) is 2.52. The van der Waals surface area contributed by atoms with Crippen LogP contribution < -0.4 is 5.32 Å². The summed E-state index contributed by atoms with van der Waals surface area (Å²) in [5, 5.41) is 4.64. The monoisotopic (exact) mass is 300 g/mol. The second-order valence-corrected chi connectivity index (χ2v) is 6.14. The van der Waals surface area contributed by atoms with Gasteiger partial charge in [0.25, 0.3) is 0 Å². The summed E-state index contributed by atoms with van der Waals surface area (Å²) in [7, 11) is 0. The maximum Gasteiger partial charge on any atom is 0.310 e. The second kappa shape index (κ2) is 6.13. The molecule has 0 radical (unpaired) electrons. The minimum Gasteiger partial charge on any atom is -0.466 e. The fourth-order valence-corrected chi connectivity index (χ4v) is 3.61. The van der Waals surface area contributed by atoms with E-state index < -0.39 is 0 Å². The number of hydrogen-bond donors (Lipinski definition) is 1. The smallest absolute Gasteiger partial charge is 0.310 e. The first-order valence-electron chi connectivity index (χ1n) is 8.08. The number of ether oxygens (including phenoxy) is 1. The molecule has 2 atom stereocenters. The van der Waals surface area contributed by atoms with Gasteiger partial charge in [0, 0.05) is 23.1 Å².